The predicted molar refractivity (Wildman–Crippen MR) is 157 cm³/mol. The maximum atomic E-state index is 15.7. The van der Waals surface area contributed by atoms with Crippen LogP contribution < -0.4 is 15.8 Å². The molecule has 1 fully saturated rings. The number of ether oxygens (including phenoxy) is 2. The van der Waals surface area contributed by atoms with E-state index in [-0.39, 0.29) is 41.8 Å². The number of carbonyl (C=O) groups is 2. The minimum atomic E-state index is -1.01. The molecule has 9 nitrogen and oxygen atoms in total. The molecule has 1 saturated heterocycles. The van der Waals surface area contributed by atoms with Crippen molar-refractivity contribution in [3.8, 4) is 11.1 Å². The molecule has 4 aromatic rings. The van der Waals surface area contributed by atoms with Gasteiger partial charge in [0.05, 0.1) is 12.2 Å². The fourth-order valence-electron chi connectivity index (χ4n) is 5.14. The van der Waals surface area contributed by atoms with Crippen LogP contribution in [0.4, 0.5) is 23.8 Å². The van der Waals surface area contributed by atoms with Crippen LogP contribution in [-0.2, 0) is 16.1 Å². The second-order valence-corrected chi connectivity index (χ2v) is 11.6. The summed E-state index contributed by atoms with van der Waals surface area (Å²) in [5.74, 6) is -3.85. The van der Waals surface area contributed by atoms with E-state index >= 15 is 8.78 Å². The molecule has 1 aliphatic heterocycles. The van der Waals surface area contributed by atoms with Crippen molar-refractivity contribution < 1.29 is 32.2 Å². The third kappa shape index (κ3) is 6.53. The first-order chi connectivity index (χ1) is 20.8. The normalized spacial score (nSPS) is 16.7. The molecule has 0 aliphatic carbocycles. The van der Waals surface area contributed by atoms with E-state index in [0.29, 0.717) is 18.1 Å². The molecule has 12 heteroatoms. The van der Waals surface area contributed by atoms with Crippen LogP contribution in [-0.4, -0.2) is 45.7 Å². The fraction of sp³-hybridized carbons (Fsp3) is 0.312. The second kappa shape index (κ2) is 12.0. The number of nitrogens with one attached hydrogen (secondary N) is 1. The van der Waals surface area contributed by atoms with Crippen LogP contribution in [0, 0.1) is 17.5 Å². The smallest absolute Gasteiger partial charge is 0.407 e. The molecule has 0 spiro atoms. The molecule has 44 heavy (non-hydrogen) atoms. The summed E-state index contributed by atoms with van der Waals surface area (Å²) in [5, 5.41) is 2.78. The highest BCUT2D eigenvalue weighted by atomic mass is 19.1. The van der Waals surface area contributed by atoms with Crippen molar-refractivity contribution >= 4 is 23.5 Å². The predicted octanol–water partition coefficient (Wildman–Crippen LogP) is 5.63. The van der Waals surface area contributed by atoms with Crippen LogP contribution in [0.5, 0.6) is 0 Å². The standard InChI is InChI=1S/C32H31F3N4O5/c1-18-12-21(36-31(42)44-32(2,3)4)15-38(18)28-26(35)16-39-27(37-28)23(22-11-10-20(33)13-25(22)34)14-24(29(39)40)30(41)43-17-19-8-6-5-7-9-19/h5-11,13-14,16,18,21H,12,15,17H2,1-4H3,(H,36,42)/t18-,21-/m0/s1. The molecule has 5 rings (SSSR count). The van der Waals surface area contributed by atoms with E-state index in [9.17, 15) is 18.8 Å². The van der Waals surface area contributed by atoms with Crippen LogP contribution in [0.3, 0.4) is 0 Å². The molecule has 0 saturated carbocycles. The lowest BCUT2D eigenvalue weighted by Gasteiger charge is -2.24. The van der Waals surface area contributed by atoms with Crippen molar-refractivity contribution in [1.29, 1.82) is 0 Å². The van der Waals surface area contributed by atoms with Gasteiger partial charge < -0.3 is 19.7 Å². The number of esters is 1. The molecule has 0 bridgehead atoms. The van der Waals surface area contributed by atoms with Crippen molar-refractivity contribution in [3.63, 3.8) is 0 Å². The Hall–Kier alpha value is -4.87. The number of benzene rings is 2. The number of amides is 1. The first-order valence-corrected chi connectivity index (χ1v) is 14.0. The summed E-state index contributed by atoms with van der Waals surface area (Å²) in [7, 11) is 0. The van der Waals surface area contributed by atoms with E-state index in [2.05, 4.69) is 10.3 Å². The zero-order valence-electron chi connectivity index (χ0n) is 24.6. The number of anilines is 1. The number of hydrogen-bond acceptors (Lipinski definition) is 7. The van der Waals surface area contributed by atoms with Gasteiger partial charge in [-0.15, -0.1) is 0 Å². The van der Waals surface area contributed by atoms with Crippen molar-refractivity contribution in [1.82, 2.24) is 14.7 Å². The van der Waals surface area contributed by atoms with Crippen LogP contribution in [0.25, 0.3) is 16.8 Å². The van der Waals surface area contributed by atoms with Gasteiger partial charge in [0.15, 0.2) is 11.6 Å². The number of nitrogens with zero attached hydrogens (tertiary/aromatic N) is 3. The van der Waals surface area contributed by atoms with Crippen LogP contribution in [0.1, 0.15) is 50.0 Å². The van der Waals surface area contributed by atoms with E-state index in [4.69, 9.17) is 9.47 Å². The SMILES string of the molecule is C[C@H]1C[C@H](NC(=O)OC(C)(C)C)CN1c1nc2c(-c3ccc(F)cc3F)cc(C(=O)OCc3ccccc3)c(=O)n2cc1F. The summed E-state index contributed by atoms with van der Waals surface area (Å²) >= 11 is 0. The molecule has 3 heterocycles. The van der Waals surface area contributed by atoms with Gasteiger partial charge in [-0.25, -0.2) is 27.7 Å². The van der Waals surface area contributed by atoms with Gasteiger partial charge in [-0.1, -0.05) is 30.3 Å². The lowest BCUT2D eigenvalue weighted by molar-refractivity contribution is 0.0468. The van der Waals surface area contributed by atoms with E-state index in [1.165, 1.54) is 0 Å². The third-order valence-corrected chi connectivity index (χ3v) is 7.10. The molecule has 1 aliphatic rings. The molecule has 1 amide bonds. The molecule has 2 aromatic carbocycles. The average molecular weight is 609 g/mol. The maximum absolute atomic E-state index is 15.7. The van der Waals surface area contributed by atoms with Crippen LogP contribution in [0.15, 0.2) is 65.6 Å². The Morgan fingerprint density at radius 3 is 2.43 bits per heavy atom. The quantitative estimate of drug-likeness (QED) is 0.283. The first-order valence-electron chi connectivity index (χ1n) is 14.0. The summed E-state index contributed by atoms with van der Waals surface area (Å²) < 4.78 is 56.1. The van der Waals surface area contributed by atoms with Gasteiger partial charge >= 0.3 is 12.1 Å². The first kappa shape index (κ1) is 30.6. The third-order valence-electron chi connectivity index (χ3n) is 7.10. The molecule has 0 radical (unpaired) electrons. The second-order valence-electron chi connectivity index (χ2n) is 11.6. The highest BCUT2D eigenvalue weighted by molar-refractivity contribution is 5.93. The Morgan fingerprint density at radius 1 is 1.02 bits per heavy atom. The van der Waals surface area contributed by atoms with Gasteiger partial charge in [-0.3, -0.25) is 9.20 Å². The Balaban J connectivity index is 1.56. The molecule has 230 valence electrons. The maximum Gasteiger partial charge on any atom is 0.407 e. The Morgan fingerprint density at radius 2 is 1.75 bits per heavy atom. The summed E-state index contributed by atoms with van der Waals surface area (Å²) in [6.07, 6.45) is 0.709. The number of halogens is 3. The molecule has 2 aromatic heterocycles. The van der Waals surface area contributed by atoms with Crippen LogP contribution in [0.2, 0.25) is 0 Å². The van der Waals surface area contributed by atoms with E-state index in [0.717, 1.165) is 28.8 Å². The Labute approximate surface area is 251 Å². The van der Waals surface area contributed by atoms with E-state index < -0.39 is 52.3 Å². The van der Waals surface area contributed by atoms with Gasteiger partial charge in [-0.2, -0.15) is 0 Å². The van der Waals surface area contributed by atoms with Crippen LogP contribution >= 0.6 is 0 Å². The van der Waals surface area contributed by atoms with Crippen molar-refractivity contribution in [2.24, 2.45) is 0 Å². The minimum absolute atomic E-state index is 0.0507. The highest BCUT2D eigenvalue weighted by Crippen LogP contribution is 2.32. The van der Waals surface area contributed by atoms with Gasteiger partial charge in [0.1, 0.15) is 35.1 Å². The lowest BCUT2D eigenvalue weighted by Crippen LogP contribution is -2.40. The number of rotatable bonds is 6. The zero-order valence-corrected chi connectivity index (χ0v) is 24.6. The van der Waals surface area contributed by atoms with E-state index in [1.54, 1.807) is 56.0 Å². The minimum Gasteiger partial charge on any atom is -0.457 e. The summed E-state index contributed by atoms with van der Waals surface area (Å²) in [4.78, 5) is 44.9. The molecule has 2 atom stereocenters. The zero-order chi connectivity index (χ0) is 31.8. The number of fused-ring (bicyclic) bond motifs is 1. The topological polar surface area (TPSA) is 102 Å². The lowest BCUT2D eigenvalue weighted by atomic mass is 10.0. The summed E-state index contributed by atoms with van der Waals surface area (Å²) in [6, 6.07) is 12.0. The number of aromatic nitrogens is 2. The van der Waals surface area contributed by atoms with Crippen molar-refractivity contribution in [3.05, 3.63) is 99.7 Å². The monoisotopic (exact) mass is 608 g/mol. The van der Waals surface area contributed by atoms with Crippen molar-refractivity contribution in [2.45, 2.75) is 58.4 Å². The summed E-state index contributed by atoms with van der Waals surface area (Å²) in [6.45, 7) is 7.07. The van der Waals surface area contributed by atoms with Gasteiger partial charge in [0.2, 0.25) is 0 Å². The highest BCUT2D eigenvalue weighted by Gasteiger charge is 2.34. The van der Waals surface area contributed by atoms with Gasteiger partial charge in [0, 0.05) is 29.8 Å². The van der Waals surface area contributed by atoms with Gasteiger partial charge in [-0.05, 0) is 57.9 Å². The van der Waals surface area contributed by atoms with Crippen molar-refractivity contribution in [2.75, 3.05) is 11.4 Å². The molecule has 1 N–H and O–H groups in total. The van der Waals surface area contributed by atoms with Gasteiger partial charge in [0.25, 0.3) is 5.56 Å². The average Bonchev–Trinajstić information content (AvgIpc) is 3.30. The number of alkyl carbamates (subject to hydrolysis) is 1. The Kier molecular flexibility index (Phi) is 8.36. The number of pyridine rings is 1. The molecular weight excluding hydrogens is 577 g/mol. The Bertz CT molecular complexity index is 1790. The van der Waals surface area contributed by atoms with E-state index in [1.807, 2.05) is 6.92 Å². The number of hydrogen-bond donors (Lipinski definition) is 1. The number of carbonyl (C=O) groups excluding carboxylic acids is 2. The molecular formula is C32H31F3N4O5. The molecule has 0 unspecified atom stereocenters. The largest absolute Gasteiger partial charge is 0.457 e. The summed E-state index contributed by atoms with van der Waals surface area (Å²) in [5.41, 5.74) is -1.82. The fourth-order valence-corrected chi connectivity index (χ4v) is 5.14.